The van der Waals surface area contributed by atoms with Crippen LogP contribution in [0.3, 0.4) is 0 Å². The van der Waals surface area contributed by atoms with Gasteiger partial charge < -0.3 is 11.5 Å². The first-order valence-corrected chi connectivity index (χ1v) is 6.31. The Labute approximate surface area is 116 Å². The molecule has 20 heavy (non-hydrogen) atoms. The Morgan fingerprint density at radius 1 is 1.15 bits per heavy atom. The van der Waals surface area contributed by atoms with Gasteiger partial charge in [0.1, 0.15) is 0 Å². The van der Waals surface area contributed by atoms with Crippen molar-refractivity contribution < 1.29 is 8.78 Å². The molecule has 0 saturated carbocycles. The molecule has 1 unspecified atom stereocenters. The fraction of sp³-hybridized carbons (Fsp3) is 0.267. The molecule has 5 heteroatoms. The molecular formula is C15H17F2N3. The van der Waals surface area contributed by atoms with Crippen LogP contribution in [-0.4, -0.2) is 11.5 Å². The molecule has 0 aliphatic carbocycles. The number of nitrogens with zero attached hydrogens (tertiary/aromatic N) is 1. The summed E-state index contributed by atoms with van der Waals surface area (Å²) < 4.78 is 27.6. The third-order valence-corrected chi connectivity index (χ3v) is 3.52. The van der Waals surface area contributed by atoms with Gasteiger partial charge in [0, 0.05) is 35.6 Å². The second-order valence-electron chi connectivity index (χ2n) is 5.12. The molecule has 0 saturated heterocycles. The van der Waals surface area contributed by atoms with Gasteiger partial charge in [-0.2, -0.15) is 0 Å². The Morgan fingerprint density at radius 2 is 1.80 bits per heavy atom. The molecular weight excluding hydrogens is 260 g/mol. The van der Waals surface area contributed by atoms with Crippen molar-refractivity contribution in [2.75, 3.05) is 12.3 Å². The zero-order valence-corrected chi connectivity index (χ0v) is 11.2. The van der Waals surface area contributed by atoms with E-state index >= 15 is 0 Å². The van der Waals surface area contributed by atoms with Gasteiger partial charge >= 0.3 is 0 Å². The van der Waals surface area contributed by atoms with E-state index < -0.39 is 17.0 Å². The van der Waals surface area contributed by atoms with Crippen molar-refractivity contribution in [3.8, 4) is 0 Å². The average molecular weight is 277 g/mol. The average Bonchev–Trinajstić information content (AvgIpc) is 2.44. The molecule has 0 radical (unpaired) electrons. The van der Waals surface area contributed by atoms with Gasteiger partial charge in [0.2, 0.25) is 0 Å². The Hall–Kier alpha value is -2.01. The van der Waals surface area contributed by atoms with Crippen LogP contribution >= 0.6 is 0 Å². The van der Waals surface area contributed by atoms with Gasteiger partial charge in [0.05, 0.1) is 0 Å². The van der Waals surface area contributed by atoms with Crippen molar-refractivity contribution in [3.63, 3.8) is 0 Å². The maximum atomic E-state index is 14.1. The van der Waals surface area contributed by atoms with Crippen LogP contribution in [0.1, 0.15) is 18.1 Å². The lowest BCUT2D eigenvalue weighted by Gasteiger charge is -2.30. The molecule has 106 valence electrons. The number of halogens is 2. The van der Waals surface area contributed by atoms with Crippen LogP contribution in [0.4, 0.5) is 14.5 Å². The number of nitrogen functional groups attached to an aromatic ring is 1. The number of aromatic nitrogens is 1. The van der Waals surface area contributed by atoms with E-state index in [0.29, 0.717) is 6.42 Å². The number of rotatable bonds is 4. The largest absolute Gasteiger partial charge is 0.398 e. The second-order valence-corrected chi connectivity index (χ2v) is 5.12. The topological polar surface area (TPSA) is 64.9 Å². The predicted octanol–water partition coefficient (Wildman–Crippen LogP) is 2.40. The molecule has 1 aromatic carbocycles. The van der Waals surface area contributed by atoms with Gasteiger partial charge in [-0.1, -0.05) is 6.92 Å². The molecule has 0 amide bonds. The summed E-state index contributed by atoms with van der Waals surface area (Å²) in [4.78, 5) is 3.93. The molecule has 0 spiro atoms. The maximum Gasteiger partial charge on any atom is 0.164 e. The van der Waals surface area contributed by atoms with E-state index in [-0.39, 0.29) is 17.8 Å². The summed E-state index contributed by atoms with van der Waals surface area (Å²) in [5.41, 5.74) is 12.2. The molecule has 4 N–H and O–H groups in total. The first-order valence-electron chi connectivity index (χ1n) is 6.31. The zero-order chi connectivity index (χ0) is 14.8. The number of benzene rings is 1. The Morgan fingerprint density at radius 3 is 2.40 bits per heavy atom. The third-order valence-electron chi connectivity index (χ3n) is 3.52. The fourth-order valence-corrected chi connectivity index (χ4v) is 2.39. The summed E-state index contributed by atoms with van der Waals surface area (Å²) in [5, 5.41) is 0. The first kappa shape index (κ1) is 14.4. The Bertz CT molecular complexity index is 602. The third kappa shape index (κ3) is 2.63. The van der Waals surface area contributed by atoms with E-state index in [0.717, 1.165) is 11.6 Å². The lowest BCUT2D eigenvalue weighted by atomic mass is 9.76. The second kappa shape index (κ2) is 5.54. The van der Waals surface area contributed by atoms with Crippen LogP contribution in [0, 0.1) is 11.6 Å². The van der Waals surface area contributed by atoms with Crippen molar-refractivity contribution in [1.29, 1.82) is 0 Å². The Balaban J connectivity index is 2.48. The van der Waals surface area contributed by atoms with Crippen LogP contribution in [0.2, 0.25) is 0 Å². The molecule has 2 aromatic rings. The highest BCUT2D eigenvalue weighted by atomic mass is 19.2. The number of pyridine rings is 1. The first-order chi connectivity index (χ1) is 9.48. The van der Waals surface area contributed by atoms with Crippen molar-refractivity contribution in [2.24, 2.45) is 5.73 Å². The number of nitrogens with two attached hydrogens (primary N) is 2. The van der Waals surface area contributed by atoms with E-state index in [4.69, 9.17) is 11.5 Å². The number of anilines is 1. The van der Waals surface area contributed by atoms with Gasteiger partial charge in [-0.15, -0.1) is 0 Å². The van der Waals surface area contributed by atoms with Crippen LogP contribution in [0.5, 0.6) is 0 Å². The molecule has 3 nitrogen and oxygen atoms in total. The van der Waals surface area contributed by atoms with Gasteiger partial charge in [0.25, 0.3) is 0 Å². The molecule has 1 atom stereocenters. The standard InChI is InChI=1S/C15H17F2N3/c1-15(9-18,8-10-4-6-20-7-5-10)13-12(19)3-2-11(16)14(13)17/h2-7H,8-9,18-19H2,1H3. The fourth-order valence-electron chi connectivity index (χ4n) is 2.39. The van der Waals surface area contributed by atoms with E-state index in [1.165, 1.54) is 6.07 Å². The highest BCUT2D eigenvalue weighted by Gasteiger charge is 2.32. The molecule has 0 fully saturated rings. The van der Waals surface area contributed by atoms with Gasteiger partial charge in [-0.25, -0.2) is 8.78 Å². The predicted molar refractivity (Wildman–Crippen MR) is 75.1 cm³/mol. The molecule has 0 aliphatic rings. The minimum Gasteiger partial charge on any atom is -0.398 e. The lowest BCUT2D eigenvalue weighted by Crippen LogP contribution is -2.36. The van der Waals surface area contributed by atoms with Crippen LogP contribution in [0.15, 0.2) is 36.7 Å². The van der Waals surface area contributed by atoms with Crippen molar-refractivity contribution >= 4 is 5.69 Å². The normalized spacial score (nSPS) is 14.0. The highest BCUT2D eigenvalue weighted by molar-refractivity contribution is 5.52. The van der Waals surface area contributed by atoms with Crippen molar-refractivity contribution in [2.45, 2.75) is 18.8 Å². The van der Waals surface area contributed by atoms with Gasteiger partial charge in [0.15, 0.2) is 11.6 Å². The maximum absolute atomic E-state index is 14.1. The quantitative estimate of drug-likeness (QED) is 0.843. The molecule has 0 bridgehead atoms. The van der Waals surface area contributed by atoms with Crippen molar-refractivity contribution in [3.05, 3.63) is 59.4 Å². The molecule has 1 aromatic heterocycles. The van der Waals surface area contributed by atoms with Crippen LogP contribution in [-0.2, 0) is 11.8 Å². The van der Waals surface area contributed by atoms with Crippen LogP contribution in [0.25, 0.3) is 0 Å². The summed E-state index contributed by atoms with van der Waals surface area (Å²) in [7, 11) is 0. The molecule has 2 rings (SSSR count). The van der Waals surface area contributed by atoms with Gasteiger partial charge in [-0.05, 0) is 36.2 Å². The summed E-state index contributed by atoms with van der Waals surface area (Å²) in [6.45, 7) is 1.93. The monoisotopic (exact) mass is 277 g/mol. The number of hydrogen-bond acceptors (Lipinski definition) is 3. The van der Waals surface area contributed by atoms with E-state index in [1.54, 1.807) is 19.3 Å². The minimum absolute atomic E-state index is 0.136. The summed E-state index contributed by atoms with van der Waals surface area (Å²) in [6.07, 6.45) is 3.76. The minimum atomic E-state index is -0.924. The summed E-state index contributed by atoms with van der Waals surface area (Å²) >= 11 is 0. The highest BCUT2D eigenvalue weighted by Crippen LogP contribution is 2.34. The summed E-state index contributed by atoms with van der Waals surface area (Å²) in [6, 6.07) is 6.04. The van der Waals surface area contributed by atoms with E-state index in [2.05, 4.69) is 4.98 Å². The van der Waals surface area contributed by atoms with Gasteiger partial charge in [-0.3, -0.25) is 4.98 Å². The SMILES string of the molecule is CC(CN)(Cc1ccncc1)c1c(N)ccc(F)c1F. The molecule has 0 aliphatic heterocycles. The smallest absolute Gasteiger partial charge is 0.164 e. The lowest BCUT2D eigenvalue weighted by molar-refractivity contribution is 0.427. The zero-order valence-electron chi connectivity index (χ0n) is 11.2. The van der Waals surface area contributed by atoms with Crippen LogP contribution < -0.4 is 11.5 Å². The Kier molecular flexibility index (Phi) is 3.99. The number of hydrogen-bond donors (Lipinski definition) is 2. The molecule has 1 heterocycles. The van der Waals surface area contributed by atoms with E-state index in [9.17, 15) is 8.78 Å². The van der Waals surface area contributed by atoms with E-state index in [1.807, 2.05) is 12.1 Å². The van der Waals surface area contributed by atoms with Crippen molar-refractivity contribution in [1.82, 2.24) is 4.98 Å². The summed E-state index contributed by atoms with van der Waals surface area (Å²) in [5.74, 6) is -1.84.